The highest BCUT2D eigenvalue weighted by Gasteiger charge is 2.32. The number of halogens is 3. The molecule has 0 bridgehead atoms. The van der Waals surface area contributed by atoms with Gasteiger partial charge in [-0.15, -0.1) is 0 Å². The fourth-order valence-electron chi connectivity index (χ4n) is 2.21. The molecule has 2 nitrogen and oxygen atoms in total. The summed E-state index contributed by atoms with van der Waals surface area (Å²) in [7, 11) is 0. The van der Waals surface area contributed by atoms with Crippen LogP contribution in [0.1, 0.15) is 36.6 Å². The van der Waals surface area contributed by atoms with Crippen molar-refractivity contribution in [3.63, 3.8) is 0 Å². The molecule has 0 N–H and O–H groups in total. The van der Waals surface area contributed by atoms with E-state index in [4.69, 9.17) is 0 Å². The van der Waals surface area contributed by atoms with Crippen LogP contribution < -0.4 is 0 Å². The molecule has 0 radical (unpaired) electrons. The van der Waals surface area contributed by atoms with Crippen molar-refractivity contribution < 1.29 is 13.2 Å². The summed E-state index contributed by atoms with van der Waals surface area (Å²) in [5.74, 6) is 0.348. The molecule has 0 aliphatic carbocycles. The second-order valence-electron chi connectivity index (χ2n) is 5.11. The quantitative estimate of drug-likeness (QED) is 0.810. The molecule has 0 unspecified atom stereocenters. The summed E-state index contributed by atoms with van der Waals surface area (Å²) in [6.45, 7) is 4.06. The summed E-state index contributed by atoms with van der Waals surface area (Å²) < 4.78 is 37.1. The Morgan fingerprint density at radius 3 is 2.72 bits per heavy atom. The Morgan fingerprint density at radius 2 is 2.11 bits per heavy atom. The van der Waals surface area contributed by atoms with E-state index in [9.17, 15) is 13.2 Å². The van der Waals surface area contributed by atoms with Crippen LogP contribution in [0.25, 0.3) is 0 Å². The van der Waals surface area contributed by atoms with Gasteiger partial charge in [0.1, 0.15) is 0 Å². The van der Waals surface area contributed by atoms with Crippen LogP contribution >= 0.6 is 0 Å². The summed E-state index contributed by atoms with van der Waals surface area (Å²) in [4.78, 5) is 5.80. The highest BCUT2D eigenvalue weighted by atomic mass is 19.4. The first-order valence-electron chi connectivity index (χ1n) is 6.12. The molecular weight excluding hydrogens is 241 g/mol. The smallest absolute Gasteiger partial charge is 0.290 e. The fourth-order valence-corrected chi connectivity index (χ4v) is 2.21. The largest absolute Gasteiger partial charge is 0.401 e. The maximum Gasteiger partial charge on any atom is 0.401 e. The molecule has 1 aromatic heterocycles. The number of rotatable bonds is 2. The molecule has 0 fully saturated rings. The van der Waals surface area contributed by atoms with Crippen molar-refractivity contribution >= 4 is 0 Å². The summed E-state index contributed by atoms with van der Waals surface area (Å²) in [5, 5.41) is 0. The minimum absolute atomic E-state index is 0.348. The summed E-state index contributed by atoms with van der Waals surface area (Å²) in [5.41, 5.74) is 2.97. The Labute approximate surface area is 105 Å². The van der Waals surface area contributed by atoms with Crippen molar-refractivity contribution in [1.29, 1.82) is 0 Å². The van der Waals surface area contributed by atoms with Crippen molar-refractivity contribution in [2.24, 2.45) is 0 Å². The van der Waals surface area contributed by atoms with Gasteiger partial charge in [0.2, 0.25) is 0 Å². The SMILES string of the molecule is CC(C)c1cnc2c(c1)CN(CC(F)(F)F)CC2. The van der Waals surface area contributed by atoms with E-state index in [0.717, 1.165) is 16.8 Å². The molecule has 1 aromatic rings. The average Bonchev–Trinajstić information content (AvgIpc) is 2.25. The molecule has 1 aliphatic rings. The fraction of sp³-hybridized carbons (Fsp3) is 0.615. The van der Waals surface area contributed by atoms with Gasteiger partial charge in [0.05, 0.1) is 6.54 Å². The molecule has 0 saturated heterocycles. The third-order valence-corrected chi connectivity index (χ3v) is 3.21. The second-order valence-corrected chi connectivity index (χ2v) is 5.11. The molecule has 0 saturated carbocycles. The van der Waals surface area contributed by atoms with Gasteiger partial charge in [-0.05, 0) is 17.0 Å². The monoisotopic (exact) mass is 258 g/mol. The third kappa shape index (κ3) is 3.22. The van der Waals surface area contributed by atoms with Crippen molar-refractivity contribution in [3.05, 3.63) is 29.1 Å². The van der Waals surface area contributed by atoms with Gasteiger partial charge < -0.3 is 0 Å². The highest BCUT2D eigenvalue weighted by molar-refractivity contribution is 5.28. The topological polar surface area (TPSA) is 16.1 Å². The van der Waals surface area contributed by atoms with Crippen LogP contribution in [0.2, 0.25) is 0 Å². The van der Waals surface area contributed by atoms with Crippen molar-refractivity contribution in [3.8, 4) is 0 Å². The van der Waals surface area contributed by atoms with Crippen molar-refractivity contribution in [1.82, 2.24) is 9.88 Å². The maximum atomic E-state index is 12.4. The minimum atomic E-state index is -4.12. The summed E-state index contributed by atoms with van der Waals surface area (Å²) >= 11 is 0. The van der Waals surface area contributed by atoms with E-state index in [2.05, 4.69) is 18.8 Å². The number of alkyl halides is 3. The van der Waals surface area contributed by atoms with E-state index in [1.807, 2.05) is 12.3 Å². The van der Waals surface area contributed by atoms with E-state index in [0.29, 0.717) is 25.4 Å². The van der Waals surface area contributed by atoms with Crippen LogP contribution in [-0.2, 0) is 13.0 Å². The first-order chi connectivity index (χ1) is 8.35. The Kier molecular flexibility index (Phi) is 3.61. The van der Waals surface area contributed by atoms with Gasteiger partial charge in [-0.3, -0.25) is 9.88 Å². The molecule has 0 amide bonds. The average molecular weight is 258 g/mol. The lowest BCUT2D eigenvalue weighted by atomic mass is 9.99. The molecule has 2 heterocycles. The van der Waals surface area contributed by atoms with Gasteiger partial charge in [0.25, 0.3) is 0 Å². The highest BCUT2D eigenvalue weighted by Crippen LogP contribution is 2.24. The number of hydrogen-bond donors (Lipinski definition) is 0. The van der Waals surface area contributed by atoms with E-state index in [1.165, 1.54) is 4.90 Å². The zero-order chi connectivity index (χ0) is 13.3. The summed E-state index contributed by atoms with van der Waals surface area (Å²) in [6, 6.07) is 2.00. The third-order valence-electron chi connectivity index (χ3n) is 3.21. The van der Waals surface area contributed by atoms with Gasteiger partial charge in [-0.25, -0.2) is 0 Å². The molecule has 2 rings (SSSR count). The first-order valence-corrected chi connectivity index (χ1v) is 6.12. The van der Waals surface area contributed by atoms with Crippen LogP contribution in [0.5, 0.6) is 0 Å². The van der Waals surface area contributed by atoms with Crippen molar-refractivity contribution in [2.45, 2.75) is 38.9 Å². The standard InChI is InChI=1S/C13H17F3N2/c1-9(2)10-5-11-7-18(8-13(14,15)16)4-3-12(11)17-6-10/h5-6,9H,3-4,7-8H2,1-2H3. The molecule has 0 spiro atoms. The summed E-state index contributed by atoms with van der Waals surface area (Å²) in [6.07, 6.45) is -1.69. The van der Waals surface area contributed by atoms with Crippen LogP contribution in [0, 0.1) is 0 Å². The van der Waals surface area contributed by atoms with Gasteiger partial charge in [0, 0.05) is 31.4 Å². The first kappa shape index (κ1) is 13.3. The normalized spacial score (nSPS) is 17.0. The lowest BCUT2D eigenvalue weighted by Crippen LogP contribution is -2.38. The molecule has 5 heteroatoms. The minimum Gasteiger partial charge on any atom is -0.290 e. The zero-order valence-corrected chi connectivity index (χ0v) is 10.6. The number of aromatic nitrogens is 1. The van der Waals surface area contributed by atoms with E-state index < -0.39 is 12.7 Å². The Morgan fingerprint density at radius 1 is 1.39 bits per heavy atom. The Balaban J connectivity index is 2.14. The molecule has 0 aromatic carbocycles. The molecule has 0 atom stereocenters. The predicted octanol–water partition coefficient (Wildman–Crippen LogP) is 3.13. The second kappa shape index (κ2) is 4.88. The lowest BCUT2D eigenvalue weighted by Gasteiger charge is -2.29. The van der Waals surface area contributed by atoms with Crippen molar-refractivity contribution in [2.75, 3.05) is 13.1 Å². The Hall–Kier alpha value is -1.10. The van der Waals surface area contributed by atoms with Gasteiger partial charge in [-0.1, -0.05) is 19.9 Å². The number of fused-ring (bicyclic) bond motifs is 1. The van der Waals surface area contributed by atoms with Crippen LogP contribution in [0.4, 0.5) is 13.2 Å². The zero-order valence-electron chi connectivity index (χ0n) is 10.6. The van der Waals surface area contributed by atoms with Gasteiger partial charge >= 0.3 is 6.18 Å². The predicted molar refractivity (Wildman–Crippen MR) is 63.4 cm³/mol. The number of pyridine rings is 1. The van der Waals surface area contributed by atoms with E-state index in [1.54, 1.807) is 0 Å². The van der Waals surface area contributed by atoms with Crippen LogP contribution in [0.15, 0.2) is 12.3 Å². The van der Waals surface area contributed by atoms with Crippen LogP contribution in [0.3, 0.4) is 0 Å². The van der Waals surface area contributed by atoms with Gasteiger partial charge in [-0.2, -0.15) is 13.2 Å². The molecular formula is C13H17F3N2. The van der Waals surface area contributed by atoms with Gasteiger partial charge in [0.15, 0.2) is 0 Å². The maximum absolute atomic E-state index is 12.4. The number of nitrogens with zero attached hydrogens (tertiary/aromatic N) is 2. The van der Waals surface area contributed by atoms with Crippen LogP contribution in [-0.4, -0.2) is 29.1 Å². The van der Waals surface area contributed by atoms with E-state index in [-0.39, 0.29) is 0 Å². The van der Waals surface area contributed by atoms with E-state index >= 15 is 0 Å². The molecule has 100 valence electrons. The number of hydrogen-bond acceptors (Lipinski definition) is 2. The Bertz CT molecular complexity index is 427. The molecule has 18 heavy (non-hydrogen) atoms. The molecule has 1 aliphatic heterocycles. The lowest BCUT2D eigenvalue weighted by molar-refractivity contribution is -0.147.